The van der Waals surface area contributed by atoms with Crippen molar-refractivity contribution in [1.82, 2.24) is 0 Å². The van der Waals surface area contributed by atoms with Gasteiger partial charge in [0.15, 0.2) is 6.61 Å². The molecule has 0 aliphatic heterocycles. The molecule has 0 aliphatic carbocycles. The van der Waals surface area contributed by atoms with E-state index in [9.17, 15) is 18.3 Å². The highest BCUT2D eigenvalue weighted by molar-refractivity contribution is 9.10. The number of amides is 1. The molecule has 174 valence electrons. The Labute approximate surface area is 209 Å². The number of anilines is 1. The Bertz CT molecular complexity index is 1300. The van der Waals surface area contributed by atoms with Crippen molar-refractivity contribution in [3.8, 4) is 5.75 Å². The summed E-state index contributed by atoms with van der Waals surface area (Å²) in [4.78, 5) is 12.4. The molecular formula is C22H19BrCl2N2O5S. The van der Waals surface area contributed by atoms with E-state index in [1.165, 1.54) is 18.2 Å². The van der Waals surface area contributed by atoms with Crippen molar-refractivity contribution in [2.45, 2.75) is 17.9 Å². The molecule has 7 nitrogen and oxygen atoms in total. The van der Waals surface area contributed by atoms with Gasteiger partial charge in [-0.1, -0.05) is 39.1 Å². The van der Waals surface area contributed by atoms with Crippen LogP contribution in [-0.2, 0) is 14.8 Å². The van der Waals surface area contributed by atoms with Crippen LogP contribution in [-0.4, -0.2) is 26.0 Å². The predicted octanol–water partition coefficient (Wildman–Crippen LogP) is 4.81. The summed E-state index contributed by atoms with van der Waals surface area (Å²) in [6, 6.07) is 13.8. The second-order valence-electron chi connectivity index (χ2n) is 7.15. The SMILES string of the molecule is Cc1cc(S(N)(=O)=O)ccc1NC(=O)COc1ccc(Cl)cc1C(O)c1cc(Cl)cc(Br)c1. The van der Waals surface area contributed by atoms with Crippen molar-refractivity contribution in [2.24, 2.45) is 5.14 Å². The normalized spacial score (nSPS) is 12.3. The molecule has 1 unspecified atom stereocenters. The van der Waals surface area contributed by atoms with E-state index in [1.54, 1.807) is 43.3 Å². The van der Waals surface area contributed by atoms with E-state index < -0.39 is 22.0 Å². The number of aryl methyl sites for hydroxylation is 1. The lowest BCUT2D eigenvalue weighted by Crippen LogP contribution is -2.21. The molecule has 1 atom stereocenters. The summed E-state index contributed by atoms with van der Waals surface area (Å²) >= 11 is 15.5. The molecule has 33 heavy (non-hydrogen) atoms. The molecule has 0 bridgehead atoms. The van der Waals surface area contributed by atoms with Gasteiger partial charge in [0.25, 0.3) is 5.91 Å². The summed E-state index contributed by atoms with van der Waals surface area (Å²) in [5, 5.41) is 19.5. The first kappa shape index (κ1) is 25.5. The predicted molar refractivity (Wildman–Crippen MR) is 131 cm³/mol. The van der Waals surface area contributed by atoms with E-state index in [1.807, 2.05) is 0 Å². The maximum Gasteiger partial charge on any atom is 0.262 e. The van der Waals surface area contributed by atoms with E-state index in [4.69, 9.17) is 33.1 Å². The number of ether oxygens (including phenoxy) is 1. The van der Waals surface area contributed by atoms with Crippen molar-refractivity contribution in [1.29, 1.82) is 0 Å². The topological polar surface area (TPSA) is 119 Å². The van der Waals surface area contributed by atoms with E-state index in [0.717, 1.165) is 0 Å². The van der Waals surface area contributed by atoms with Gasteiger partial charge in [0.05, 0.1) is 4.90 Å². The van der Waals surface area contributed by atoms with Gasteiger partial charge in [-0.05, 0) is 72.6 Å². The molecule has 0 saturated heterocycles. The van der Waals surface area contributed by atoms with Gasteiger partial charge in [0.2, 0.25) is 10.0 Å². The Morgan fingerprint density at radius 3 is 2.48 bits per heavy atom. The number of hydrogen-bond donors (Lipinski definition) is 3. The minimum absolute atomic E-state index is 0.0540. The molecule has 0 aromatic heterocycles. The zero-order valence-electron chi connectivity index (χ0n) is 17.2. The average molecular weight is 574 g/mol. The van der Waals surface area contributed by atoms with Crippen LogP contribution in [0.1, 0.15) is 22.8 Å². The molecular weight excluding hydrogens is 555 g/mol. The molecule has 0 fully saturated rings. The lowest BCUT2D eigenvalue weighted by molar-refractivity contribution is -0.118. The number of benzene rings is 3. The number of nitrogens with two attached hydrogens (primary N) is 1. The van der Waals surface area contributed by atoms with Crippen LogP contribution >= 0.6 is 39.1 Å². The van der Waals surface area contributed by atoms with Crippen LogP contribution in [0.4, 0.5) is 5.69 Å². The Morgan fingerprint density at radius 1 is 1.12 bits per heavy atom. The van der Waals surface area contributed by atoms with Crippen LogP contribution in [0.3, 0.4) is 0 Å². The number of rotatable bonds is 7. The number of carbonyl (C=O) groups is 1. The fraction of sp³-hybridized carbons (Fsp3) is 0.136. The molecule has 0 heterocycles. The number of primary sulfonamides is 1. The fourth-order valence-corrected chi connectivity index (χ4v) is 4.73. The molecule has 0 saturated carbocycles. The van der Waals surface area contributed by atoms with Gasteiger partial charge < -0.3 is 15.2 Å². The highest BCUT2D eigenvalue weighted by Crippen LogP contribution is 2.34. The zero-order valence-corrected chi connectivity index (χ0v) is 21.1. The molecule has 4 N–H and O–H groups in total. The molecule has 3 aromatic rings. The van der Waals surface area contributed by atoms with Crippen molar-refractivity contribution < 1.29 is 23.1 Å². The number of aliphatic hydroxyl groups is 1. The number of halogens is 3. The maximum atomic E-state index is 12.4. The van der Waals surface area contributed by atoms with Gasteiger partial charge in [-0.3, -0.25) is 4.79 Å². The van der Waals surface area contributed by atoms with Crippen LogP contribution in [0.5, 0.6) is 5.75 Å². The second-order valence-corrected chi connectivity index (χ2v) is 10.5. The number of carbonyl (C=O) groups excluding carboxylic acids is 1. The van der Waals surface area contributed by atoms with Crippen molar-refractivity contribution in [2.75, 3.05) is 11.9 Å². The second kappa shape index (κ2) is 10.4. The summed E-state index contributed by atoms with van der Waals surface area (Å²) in [5.74, 6) is -0.221. The molecule has 0 spiro atoms. The van der Waals surface area contributed by atoms with Gasteiger partial charge in [-0.2, -0.15) is 0 Å². The molecule has 3 aromatic carbocycles. The lowest BCUT2D eigenvalue weighted by atomic mass is 10.0. The summed E-state index contributed by atoms with van der Waals surface area (Å²) in [7, 11) is -3.84. The Hall–Kier alpha value is -2.14. The highest BCUT2D eigenvalue weighted by Gasteiger charge is 2.19. The average Bonchev–Trinajstić information content (AvgIpc) is 2.72. The third-order valence-corrected chi connectivity index (χ3v) is 6.45. The Kier molecular flexibility index (Phi) is 8.04. The van der Waals surface area contributed by atoms with E-state index in [2.05, 4.69) is 21.2 Å². The van der Waals surface area contributed by atoms with Gasteiger partial charge in [-0.15, -0.1) is 0 Å². The molecule has 0 aliphatic rings. The number of hydrogen-bond acceptors (Lipinski definition) is 5. The fourth-order valence-electron chi connectivity index (χ4n) is 3.06. The first-order valence-electron chi connectivity index (χ1n) is 9.43. The van der Waals surface area contributed by atoms with Crippen LogP contribution in [0.15, 0.2) is 64.0 Å². The third kappa shape index (κ3) is 6.69. The Morgan fingerprint density at radius 2 is 1.85 bits per heavy atom. The van der Waals surface area contributed by atoms with Crippen molar-refractivity contribution in [3.05, 3.63) is 85.8 Å². The summed E-state index contributed by atoms with van der Waals surface area (Å²) in [6.07, 6.45) is -1.11. The third-order valence-electron chi connectivity index (χ3n) is 4.63. The first-order valence-corrected chi connectivity index (χ1v) is 12.5. The van der Waals surface area contributed by atoms with Crippen LogP contribution in [0.2, 0.25) is 10.0 Å². The van der Waals surface area contributed by atoms with E-state index >= 15 is 0 Å². The molecule has 1 amide bonds. The van der Waals surface area contributed by atoms with E-state index in [-0.39, 0.29) is 17.3 Å². The van der Waals surface area contributed by atoms with Crippen LogP contribution < -0.4 is 15.2 Å². The van der Waals surface area contributed by atoms with Gasteiger partial charge in [0.1, 0.15) is 11.9 Å². The number of aliphatic hydroxyl groups excluding tert-OH is 1. The number of sulfonamides is 1. The van der Waals surface area contributed by atoms with Crippen LogP contribution in [0, 0.1) is 6.92 Å². The highest BCUT2D eigenvalue weighted by atomic mass is 79.9. The van der Waals surface area contributed by atoms with Gasteiger partial charge in [-0.25, -0.2) is 13.6 Å². The molecule has 3 rings (SSSR count). The van der Waals surface area contributed by atoms with Gasteiger partial charge >= 0.3 is 0 Å². The van der Waals surface area contributed by atoms with Crippen molar-refractivity contribution >= 4 is 60.7 Å². The molecule has 0 radical (unpaired) electrons. The van der Waals surface area contributed by atoms with Gasteiger partial charge in [0, 0.05) is 25.8 Å². The minimum atomic E-state index is -3.84. The maximum absolute atomic E-state index is 12.4. The monoisotopic (exact) mass is 572 g/mol. The summed E-state index contributed by atoms with van der Waals surface area (Å²) in [5.41, 5.74) is 1.80. The van der Waals surface area contributed by atoms with E-state index in [0.29, 0.717) is 36.9 Å². The first-order chi connectivity index (χ1) is 15.4. The summed E-state index contributed by atoms with van der Waals surface area (Å²) in [6.45, 7) is 1.28. The smallest absolute Gasteiger partial charge is 0.262 e. The lowest BCUT2D eigenvalue weighted by Gasteiger charge is -2.18. The Balaban J connectivity index is 1.76. The minimum Gasteiger partial charge on any atom is -0.483 e. The standard InChI is InChI=1S/C22H19BrCl2N2O5S/c1-12-6-17(33(26,30)31)3-4-19(12)27-21(28)11-32-20-5-2-15(24)10-18(20)22(29)13-7-14(23)9-16(25)8-13/h2-10,22,29H,11H2,1H3,(H,27,28)(H2,26,30,31). The summed E-state index contributed by atoms with van der Waals surface area (Å²) < 4.78 is 29.3. The zero-order chi connectivity index (χ0) is 24.3. The van der Waals surface area contributed by atoms with Crippen LogP contribution in [0.25, 0.3) is 0 Å². The number of nitrogens with one attached hydrogen (secondary N) is 1. The molecule has 11 heteroatoms. The van der Waals surface area contributed by atoms with Crippen molar-refractivity contribution in [3.63, 3.8) is 0 Å². The largest absolute Gasteiger partial charge is 0.483 e. The quantitative estimate of drug-likeness (QED) is 0.375.